The molecule has 1 aliphatic carbocycles. The summed E-state index contributed by atoms with van der Waals surface area (Å²) in [5.74, 6) is -0.126. The minimum absolute atomic E-state index is 0.126. The highest BCUT2D eigenvalue weighted by Crippen LogP contribution is 2.39. The first-order valence-electron chi connectivity index (χ1n) is 7.46. The second-order valence-corrected chi connectivity index (χ2v) is 7.83. The molecule has 1 heterocycles. The highest BCUT2D eigenvalue weighted by molar-refractivity contribution is 7.16. The molecule has 1 atom stereocenters. The van der Waals surface area contributed by atoms with Crippen LogP contribution in [0.3, 0.4) is 0 Å². The Morgan fingerprint density at radius 3 is 2.91 bits per heavy atom. The number of nitrogens with zero attached hydrogens (tertiary/aromatic N) is 1. The Labute approximate surface area is 139 Å². The smallest absolute Gasteiger partial charge is 0.128 e. The second kappa shape index (κ2) is 6.67. The van der Waals surface area contributed by atoms with E-state index in [0.29, 0.717) is 19.1 Å². The lowest BCUT2D eigenvalue weighted by atomic mass is 10.1. The summed E-state index contributed by atoms with van der Waals surface area (Å²) in [5.41, 5.74) is 3.04. The van der Waals surface area contributed by atoms with Gasteiger partial charge in [-0.1, -0.05) is 23.7 Å². The average molecular weight is 339 g/mol. The molecule has 1 unspecified atom stereocenters. The zero-order valence-corrected chi connectivity index (χ0v) is 14.4. The van der Waals surface area contributed by atoms with E-state index in [0.717, 1.165) is 28.3 Å². The van der Waals surface area contributed by atoms with E-state index < -0.39 is 0 Å². The number of hydrogen-bond donors (Lipinski definition) is 1. The fourth-order valence-corrected chi connectivity index (χ4v) is 4.31. The van der Waals surface area contributed by atoms with Crippen LogP contribution in [0.4, 0.5) is 4.39 Å². The van der Waals surface area contributed by atoms with Crippen molar-refractivity contribution in [3.05, 3.63) is 56.0 Å². The molecule has 1 aromatic heterocycles. The Hall–Kier alpha value is -0.940. The summed E-state index contributed by atoms with van der Waals surface area (Å²) in [6.07, 6.45) is 2.18. The Morgan fingerprint density at radius 2 is 2.18 bits per heavy atom. The van der Waals surface area contributed by atoms with E-state index >= 15 is 0 Å². The highest BCUT2D eigenvalue weighted by Gasteiger charge is 2.24. The van der Waals surface area contributed by atoms with Gasteiger partial charge in [0.25, 0.3) is 0 Å². The van der Waals surface area contributed by atoms with Crippen LogP contribution in [0.1, 0.15) is 34.0 Å². The van der Waals surface area contributed by atoms with Gasteiger partial charge in [0.1, 0.15) is 5.82 Å². The van der Waals surface area contributed by atoms with E-state index in [1.165, 1.54) is 10.4 Å². The Balaban J connectivity index is 1.64. The molecule has 0 saturated carbocycles. The van der Waals surface area contributed by atoms with Crippen LogP contribution in [-0.2, 0) is 19.5 Å². The molecular formula is C17H20ClFN2S. The predicted molar refractivity (Wildman–Crippen MR) is 91.0 cm³/mol. The predicted octanol–water partition coefficient (Wildman–Crippen LogP) is 4.38. The highest BCUT2D eigenvalue weighted by atomic mass is 35.5. The van der Waals surface area contributed by atoms with Crippen molar-refractivity contribution in [2.24, 2.45) is 0 Å². The lowest BCUT2D eigenvalue weighted by Crippen LogP contribution is -2.19. The minimum atomic E-state index is -0.126. The largest absolute Gasteiger partial charge is 0.306 e. The summed E-state index contributed by atoms with van der Waals surface area (Å²) in [6, 6.07) is 7.93. The number of halogens is 2. The molecule has 1 aliphatic rings. The Morgan fingerprint density at radius 1 is 1.36 bits per heavy atom. The van der Waals surface area contributed by atoms with Gasteiger partial charge in [0.05, 0.1) is 4.34 Å². The number of rotatable bonds is 5. The molecule has 0 spiro atoms. The van der Waals surface area contributed by atoms with E-state index in [4.69, 9.17) is 11.6 Å². The second-order valence-electron chi connectivity index (χ2n) is 6.06. The van der Waals surface area contributed by atoms with Crippen molar-refractivity contribution >= 4 is 22.9 Å². The number of thiophene rings is 1. The molecule has 2 aromatic rings. The molecule has 0 saturated heterocycles. The molecule has 2 nitrogen and oxygen atoms in total. The number of benzene rings is 1. The summed E-state index contributed by atoms with van der Waals surface area (Å²) in [4.78, 5) is 3.35. The Kier molecular flexibility index (Phi) is 4.83. The van der Waals surface area contributed by atoms with Gasteiger partial charge < -0.3 is 10.2 Å². The van der Waals surface area contributed by atoms with E-state index in [1.807, 2.05) is 31.1 Å². The van der Waals surface area contributed by atoms with E-state index in [2.05, 4.69) is 11.4 Å². The summed E-state index contributed by atoms with van der Waals surface area (Å²) < 4.78 is 14.9. The van der Waals surface area contributed by atoms with Crippen LogP contribution in [0.15, 0.2) is 24.3 Å². The maximum Gasteiger partial charge on any atom is 0.128 e. The molecule has 0 aliphatic heterocycles. The first-order chi connectivity index (χ1) is 10.5. The molecule has 0 fully saturated rings. The molecular weight excluding hydrogens is 319 g/mol. The first-order valence-corrected chi connectivity index (χ1v) is 8.66. The van der Waals surface area contributed by atoms with Crippen LogP contribution in [0.2, 0.25) is 4.34 Å². The summed E-state index contributed by atoms with van der Waals surface area (Å²) in [5, 5.41) is 3.53. The van der Waals surface area contributed by atoms with Crippen molar-refractivity contribution in [3.63, 3.8) is 0 Å². The third-order valence-corrected chi connectivity index (χ3v) is 5.34. The number of nitrogens with one attached hydrogen (secondary N) is 1. The topological polar surface area (TPSA) is 15.3 Å². The van der Waals surface area contributed by atoms with Crippen LogP contribution < -0.4 is 5.32 Å². The van der Waals surface area contributed by atoms with Crippen LogP contribution >= 0.6 is 22.9 Å². The van der Waals surface area contributed by atoms with Gasteiger partial charge in [-0.3, -0.25) is 0 Å². The van der Waals surface area contributed by atoms with Gasteiger partial charge in [0.15, 0.2) is 0 Å². The molecule has 5 heteroatoms. The molecule has 3 rings (SSSR count). The van der Waals surface area contributed by atoms with Crippen LogP contribution in [0, 0.1) is 5.82 Å². The lowest BCUT2D eigenvalue weighted by Gasteiger charge is -2.14. The van der Waals surface area contributed by atoms with Crippen molar-refractivity contribution in [1.82, 2.24) is 10.2 Å². The maximum absolute atomic E-state index is 14.1. The third-order valence-electron chi connectivity index (χ3n) is 4.00. The monoisotopic (exact) mass is 338 g/mol. The van der Waals surface area contributed by atoms with Gasteiger partial charge in [-0.25, -0.2) is 4.39 Å². The van der Waals surface area contributed by atoms with Crippen molar-refractivity contribution in [3.8, 4) is 0 Å². The fourth-order valence-electron chi connectivity index (χ4n) is 2.95. The summed E-state index contributed by atoms with van der Waals surface area (Å²) in [6.45, 7) is 1.30. The lowest BCUT2D eigenvalue weighted by molar-refractivity contribution is 0.392. The van der Waals surface area contributed by atoms with Gasteiger partial charge >= 0.3 is 0 Å². The first kappa shape index (κ1) is 15.9. The van der Waals surface area contributed by atoms with Crippen molar-refractivity contribution in [2.75, 3.05) is 14.1 Å². The van der Waals surface area contributed by atoms with Crippen molar-refractivity contribution in [1.29, 1.82) is 0 Å². The van der Waals surface area contributed by atoms with Gasteiger partial charge in [-0.05, 0) is 50.2 Å². The number of hydrogen-bond acceptors (Lipinski definition) is 3. The number of aryl methyl sites for hydroxylation is 1. The zero-order valence-electron chi connectivity index (χ0n) is 12.8. The molecule has 0 bridgehead atoms. The minimum Gasteiger partial charge on any atom is -0.306 e. The van der Waals surface area contributed by atoms with Crippen molar-refractivity contribution < 1.29 is 4.39 Å². The third kappa shape index (κ3) is 3.51. The molecule has 0 amide bonds. The summed E-state index contributed by atoms with van der Waals surface area (Å²) >= 11 is 7.75. The standard InChI is InChI=1S/C17H20ClFN2S/c1-21(2)10-12-4-3-11(7-14(12)19)9-20-15-5-6-16-13(15)8-17(18)22-16/h3-4,7-8,15,20H,5-6,9-10H2,1-2H3. The average Bonchev–Trinajstić information content (AvgIpc) is 2.98. The van der Waals surface area contributed by atoms with Crippen molar-refractivity contribution in [2.45, 2.75) is 32.0 Å². The van der Waals surface area contributed by atoms with Gasteiger partial charge in [-0.2, -0.15) is 0 Å². The molecule has 1 N–H and O–H groups in total. The van der Waals surface area contributed by atoms with E-state index in [1.54, 1.807) is 17.4 Å². The fraction of sp³-hybridized carbons (Fsp3) is 0.412. The summed E-state index contributed by atoms with van der Waals surface area (Å²) in [7, 11) is 3.89. The quantitative estimate of drug-likeness (QED) is 0.870. The molecule has 118 valence electrons. The van der Waals surface area contributed by atoms with Gasteiger partial charge in [0, 0.05) is 29.6 Å². The van der Waals surface area contributed by atoms with E-state index in [9.17, 15) is 4.39 Å². The van der Waals surface area contributed by atoms with Crippen LogP contribution in [0.25, 0.3) is 0 Å². The molecule has 0 radical (unpaired) electrons. The van der Waals surface area contributed by atoms with Gasteiger partial charge in [-0.15, -0.1) is 11.3 Å². The maximum atomic E-state index is 14.1. The zero-order chi connectivity index (χ0) is 15.7. The molecule has 1 aromatic carbocycles. The molecule has 22 heavy (non-hydrogen) atoms. The van der Waals surface area contributed by atoms with Crippen LogP contribution in [0.5, 0.6) is 0 Å². The number of fused-ring (bicyclic) bond motifs is 1. The van der Waals surface area contributed by atoms with Crippen LogP contribution in [-0.4, -0.2) is 19.0 Å². The SMILES string of the molecule is CN(C)Cc1ccc(CNC2CCc3sc(Cl)cc32)cc1F. The van der Waals surface area contributed by atoms with Gasteiger partial charge in [0.2, 0.25) is 0 Å². The Bertz CT molecular complexity index is 669. The van der Waals surface area contributed by atoms with E-state index in [-0.39, 0.29) is 5.82 Å². The normalized spacial score (nSPS) is 17.2.